The van der Waals surface area contributed by atoms with E-state index in [4.69, 9.17) is 14.2 Å². The van der Waals surface area contributed by atoms with Crippen LogP contribution in [0.15, 0.2) is 60.9 Å². The molecule has 2 aromatic carbocycles. The predicted molar refractivity (Wildman–Crippen MR) is 170 cm³/mol. The van der Waals surface area contributed by atoms with Crippen molar-refractivity contribution >= 4 is 29.2 Å². The molecule has 3 aliphatic rings. The molecule has 1 fully saturated rings. The summed E-state index contributed by atoms with van der Waals surface area (Å²) in [5.41, 5.74) is 3.37. The van der Waals surface area contributed by atoms with Gasteiger partial charge in [0.15, 0.2) is 23.9 Å². The van der Waals surface area contributed by atoms with Crippen LogP contribution in [0.1, 0.15) is 43.2 Å². The van der Waals surface area contributed by atoms with Crippen molar-refractivity contribution in [2.24, 2.45) is 13.0 Å². The van der Waals surface area contributed by atoms with Gasteiger partial charge in [0.1, 0.15) is 12.7 Å². The van der Waals surface area contributed by atoms with E-state index in [1.165, 1.54) is 7.11 Å². The summed E-state index contributed by atoms with van der Waals surface area (Å²) in [5, 5.41) is 10.7. The van der Waals surface area contributed by atoms with Gasteiger partial charge in [-0.2, -0.15) is 0 Å². The fraction of sp³-hybridized carbons (Fsp3) is 0.429. The van der Waals surface area contributed by atoms with E-state index in [9.17, 15) is 19.5 Å². The van der Waals surface area contributed by atoms with E-state index >= 15 is 0 Å². The Hall–Kier alpha value is -4.64. The quantitative estimate of drug-likeness (QED) is 0.303. The summed E-state index contributed by atoms with van der Waals surface area (Å²) in [5.74, 6) is -0.882. The zero-order chi connectivity index (χ0) is 32.4. The zero-order valence-corrected chi connectivity index (χ0v) is 26.6. The van der Waals surface area contributed by atoms with Gasteiger partial charge in [0.05, 0.1) is 26.0 Å². The third-order valence-electron chi connectivity index (χ3n) is 9.33. The number of para-hydroxylation sites is 1. The summed E-state index contributed by atoms with van der Waals surface area (Å²) in [6.45, 7) is 3.43. The number of aryl methyl sites for hydroxylation is 1. The Bertz CT molecular complexity index is 1630. The molecule has 4 heterocycles. The lowest BCUT2D eigenvalue weighted by molar-refractivity contribution is -0.670. The number of pyridine rings is 1. The largest absolute Gasteiger partial charge is 0.493 e. The topological polar surface area (TPSA) is 113 Å². The van der Waals surface area contributed by atoms with Crippen molar-refractivity contribution in [2.75, 3.05) is 49.9 Å². The molecule has 3 atom stereocenters. The summed E-state index contributed by atoms with van der Waals surface area (Å²) in [6.07, 6.45) is 6.32. The molecule has 0 radical (unpaired) electrons. The number of likely N-dealkylation sites (tertiary alicyclic amines) is 1. The maximum Gasteiger partial charge on any atom is 0.308 e. The number of amides is 2. The van der Waals surface area contributed by atoms with Crippen LogP contribution in [0.3, 0.4) is 0 Å². The van der Waals surface area contributed by atoms with E-state index in [0.29, 0.717) is 49.7 Å². The van der Waals surface area contributed by atoms with Crippen molar-refractivity contribution in [1.29, 1.82) is 0 Å². The molecular weight excluding hydrogens is 588 g/mol. The van der Waals surface area contributed by atoms with Crippen LogP contribution in [-0.2, 0) is 27.9 Å². The Morgan fingerprint density at radius 1 is 1.15 bits per heavy atom. The van der Waals surface area contributed by atoms with Crippen molar-refractivity contribution in [2.45, 2.75) is 44.6 Å². The number of aliphatic carboxylic acids is 1. The molecule has 0 aliphatic carbocycles. The number of unbranched alkanes of at least 4 members (excludes halogenated alkanes) is 1. The van der Waals surface area contributed by atoms with E-state index in [1.807, 2.05) is 77.4 Å². The Kier molecular flexibility index (Phi) is 9.12. The number of benzene rings is 2. The number of fused-ring (bicyclic) bond motifs is 2. The highest BCUT2D eigenvalue weighted by atomic mass is 16.7. The molecule has 0 unspecified atom stereocenters. The summed E-state index contributed by atoms with van der Waals surface area (Å²) < 4.78 is 18.8. The van der Waals surface area contributed by atoms with Gasteiger partial charge in [-0.05, 0) is 48.2 Å². The number of methoxy groups -OCH3 is 1. The van der Waals surface area contributed by atoms with Gasteiger partial charge in [-0.25, -0.2) is 4.57 Å². The second kappa shape index (κ2) is 13.4. The van der Waals surface area contributed by atoms with Gasteiger partial charge in [0, 0.05) is 43.3 Å². The third kappa shape index (κ3) is 6.11. The molecule has 46 heavy (non-hydrogen) atoms. The molecule has 1 saturated heterocycles. The molecule has 0 spiro atoms. The number of carboxylic acids is 1. The van der Waals surface area contributed by atoms with E-state index < -0.39 is 23.8 Å². The summed E-state index contributed by atoms with van der Waals surface area (Å²) >= 11 is 0. The van der Waals surface area contributed by atoms with Gasteiger partial charge < -0.3 is 29.1 Å². The fourth-order valence-electron chi connectivity index (χ4n) is 7.08. The second-order valence-electron chi connectivity index (χ2n) is 12.2. The van der Waals surface area contributed by atoms with Crippen molar-refractivity contribution in [1.82, 2.24) is 4.90 Å². The Balaban J connectivity index is 1.33. The van der Waals surface area contributed by atoms with Crippen LogP contribution in [0.25, 0.3) is 0 Å². The second-order valence-corrected chi connectivity index (χ2v) is 12.2. The van der Waals surface area contributed by atoms with Crippen LogP contribution in [0, 0.1) is 5.92 Å². The minimum Gasteiger partial charge on any atom is -0.493 e. The molecule has 1 aromatic heterocycles. The minimum atomic E-state index is -0.951. The molecule has 1 N–H and O–H groups in total. The number of nitrogens with zero attached hydrogens (tertiary/aromatic N) is 4. The van der Waals surface area contributed by atoms with Crippen molar-refractivity contribution in [3.8, 4) is 17.2 Å². The molecule has 0 bridgehead atoms. The van der Waals surface area contributed by atoms with Crippen LogP contribution in [-0.4, -0.2) is 73.9 Å². The maximum absolute atomic E-state index is 14.1. The molecule has 0 saturated carbocycles. The molecule has 3 aliphatic heterocycles. The molecule has 2 amide bonds. The molecule has 242 valence electrons. The zero-order valence-electron chi connectivity index (χ0n) is 26.6. The van der Waals surface area contributed by atoms with E-state index in [0.717, 1.165) is 35.3 Å². The number of rotatable bonds is 12. The Labute approximate surface area is 268 Å². The first-order chi connectivity index (χ1) is 22.3. The minimum absolute atomic E-state index is 0.00607. The maximum atomic E-state index is 14.1. The van der Waals surface area contributed by atoms with Gasteiger partial charge in [0.25, 0.3) is 0 Å². The predicted octanol–water partition coefficient (Wildman–Crippen LogP) is 3.53. The number of hydrogen-bond donors (Lipinski definition) is 1. The third-order valence-corrected chi connectivity index (χ3v) is 9.33. The lowest BCUT2D eigenvalue weighted by Crippen LogP contribution is -2.46. The lowest BCUT2D eigenvalue weighted by Gasteiger charge is -2.30. The number of anilines is 2. The van der Waals surface area contributed by atoms with E-state index in [2.05, 4.69) is 6.92 Å². The van der Waals surface area contributed by atoms with Gasteiger partial charge in [-0.3, -0.25) is 19.3 Å². The van der Waals surface area contributed by atoms with Crippen LogP contribution in [0.4, 0.5) is 11.4 Å². The average Bonchev–Trinajstić information content (AvgIpc) is 3.74. The number of hydrogen-bond acceptors (Lipinski definition) is 7. The molecule has 3 aromatic rings. The fourth-order valence-corrected chi connectivity index (χ4v) is 7.08. The highest BCUT2D eigenvalue weighted by molar-refractivity contribution is 6.01. The van der Waals surface area contributed by atoms with Gasteiger partial charge in [-0.15, -0.1) is 0 Å². The summed E-state index contributed by atoms with van der Waals surface area (Å²) in [6, 6.07) is 14.7. The van der Waals surface area contributed by atoms with E-state index in [-0.39, 0.29) is 25.2 Å². The summed E-state index contributed by atoms with van der Waals surface area (Å²) in [7, 11) is 3.46. The Morgan fingerprint density at radius 2 is 1.98 bits per heavy atom. The monoisotopic (exact) mass is 629 g/mol. The van der Waals surface area contributed by atoms with Crippen LogP contribution in [0.5, 0.6) is 17.2 Å². The van der Waals surface area contributed by atoms with Gasteiger partial charge in [0.2, 0.25) is 24.4 Å². The summed E-state index contributed by atoms with van der Waals surface area (Å²) in [4.78, 5) is 45.8. The lowest BCUT2D eigenvalue weighted by atomic mass is 9.84. The number of carbonyl (C=O) groups is 3. The molecule has 11 heteroatoms. The van der Waals surface area contributed by atoms with Crippen LogP contribution >= 0.6 is 0 Å². The van der Waals surface area contributed by atoms with Crippen LogP contribution < -0.4 is 28.6 Å². The van der Waals surface area contributed by atoms with Crippen molar-refractivity contribution in [3.63, 3.8) is 0 Å². The highest BCUT2D eigenvalue weighted by Crippen LogP contribution is 2.47. The molecule has 6 rings (SSSR count). The SMILES string of the molecule is CCCCN(C(=O)CN1C[C@H](c2cc(OC)c3c(c2)OCO3)[C@@H](C(=O)O)[C@@H]1CCN1C(=O)Cc2ccccc21)c1ccc[n+](C)c1. The van der Waals surface area contributed by atoms with E-state index in [1.54, 1.807) is 9.80 Å². The number of carbonyl (C=O) groups excluding carboxylic acids is 2. The molecular formula is C35H41N4O7+. The first-order valence-corrected chi connectivity index (χ1v) is 15.9. The van der Waals surface area contributed by atoms with Crippen LogP contribution in [0.2, 0.25) is 0 Å². The number of carboxylic acid groups (broad SMARTS) is 1. The van der Waals surface area contributed by atoms with Crippen molar-refractivity contribution in [3.05, 3.63) is 72.1 Å². The smallest absolute Gasteiger partial charge is 0.308 e. The average molecular weight is 630 g/mol. The van der Waals surface area contributed by atoms with Gasteiger partial charge in [-0.1, -0.05) is 31.5 Å². The molecule has 11 nitrogen and oxygen atoms in total. The van der Waals surface area contributed by atoms with Crippen molar-refractivity contribution < 1.29 is 38.3 Å². The highest BCUT2D eigenvalue weighted by Gasteiger charge is 2.48. The first kappa shape index (κ1) is 31.3. The Morgan fingerprint density at radius 3 is 2.74 bits per heavy atom. The number of ether oxygens (including phenoxy) is 3. The standard InChI is InChI=1S/C35H40N4O7/c1-4-5-14-38(25-10-8-13-36(2)19-25)32(41)21-37-20-26(24-16-29(44-3)34-30(17-24)45-22-46-34)33(35(42)43)28(37)12-15-39-27-11-7-6-9-23(27)18-31(39)40/h6-11,13,16-17,19,26,28,33H,4-5,12,14-15,18,20-22H2,1-3H3/p+1/t26-,28+,33-/m1/s1. The van der Waals surface area contributed by atoms with Gasteiger partial charge >= 0.3 is 5.97 Å². The first-order valence-electron chi connectivity index (χ1n) is 15.9. The normalized spacial score (nSPS) is 20.2. The number of aromatic nitrogens is 1.